The van der Waals surface area contributed by atoms with Crippen LogP contribution in [0.1, 0.15) is 5.56 Å². The van der Waals surface area contributed by atoms with Crippen LogP contribution in [-0.2, 0) is 11.2 Å². The van der Waals surface area contributed by atoms with Crippen molar-refractivity contribution in [2.24, 2.45) is 0 Å². The topological polar surface area (TPSA) is 31.4 Å². The molecule has 0 radical (unpaired) electrons. The van der Waals surface area contributed by atoms with Crippen molar-refractivity contribution in [3.8, 4) is 10.9 Å². The van der Waals surface area contributed by atoms with Crippen molar-refractivity contribution < 1.29 is 9.47 Å². The van der Waals surface area contributed by atoms with Gasteiger partial charge in [-0.25, -0.2) is 0 Å². The minimum Gasteiger partial charge on any atom is -0.431 e. The molecule has 0 spiro atoms. The zero-order valence-corrected chi connectivity index (χ0v) is 10.9. The van der Waals surface area contributed by atoms with E-state index >= 15 is 0 Å². The van der Waals surface area contributed by atoms with Crippen LogP contribution in [0.3, 0.4) is 0 Å². The molecule has 1 aromatic carbocycles. The van der Waals surface area contributed by atoms with E-state index < -0.39 is 0 Å². The summed E-state index contributed by atoms with van der Waals surface area (Å²) in [6.45, 7) is 0.724. The predicted molar refractivity (Wildman–Crippen MR) is 69.2 cm³/mol. The van der Waals surface area contributed by atoms with Gasteiger partial charge in [-0.05, 0) is 24.1 Å². The fourth-order valence-electron chi connectivity index (χ4n) is 1.33. The number of hydrogen-bond donors (Lipinski definition) is 0. The van der Waals surface area contributed by atoms with E-state index in [1.54, 1.807) is 12.5 Å². The van der Waals surface area contributed by atoms with Gasteiger partial charge in [-0.2, -0.15) is 4.98 Å². The van der Waals surface area contributed by atoms with Gasteiger partial charge in [0.2, 0.25) is 0 Å². The highest BCUT2D eigenvalue weighted by Gasteiger charge is 2.02. The number of benzene rings is 1. The molecule has 1 aromatic heterocycles. The molecule has 2 aromatic rings. The van der Waals surface area contributed by atoms with Gasteiger partial charge >= 0.3 is 0 Å². The van der Waals surface area contributed by atoms with Gasteiger partial charge < -0.3 is 9.47 Å². The Morgan fingerprint density at radius 3 is 2.65 bits per heavy atom. The molecule has 17 heavy (non-hydrogen) atoms. The maximum Gasteiger partial charge on any atom is 0.280 e. The molecule has 0 bridgehead atoms. The molecule has 0 saturated carbocycles. The summed E-state index contributed by atoms with van der Waals surface area (Å²) in [5.41, 5.74) is 1.22. The third-order valence-electron chi connectivity index (χ3n) is 2.18. The minimum atomic E-state index is 0.460. The first-order valence-electron chi connectivity index (χ1n) is 5.14. The molecule has 1 heterocycles. The second-order valence-electron chi connectivity index (χ2n) is 3.42. The first kappa shape index (κ1) is 12.4. The zero-order chi connectivity index (χ0) is 12.1. The third-order valence-corrected chi connectivity index (χ3v) is 3.22. The molecule has 0 amide bonds. The fraction of sp³-hybridized carbons (Fsp3) is 0.250. The Balaban J connectivity index is 1.98. The molecule has 0 aliphatic rings. The van der Waals surface area contributed by atoms with Crippen molar-refractivity contribution in [2.75, 3.05) is 13.7 Å². The Bertz CT molecular complexity index is 470. The highest BCUT2D eigenvalue weighted by atomic mass is 35.5. The van der Waals surface area contributed by atoms with Crippen LogP contribution in [0.15, 0.2) is 29.6 Å². The quantitative estimate of drug-likeness (QED) is 0.828. The van der Waals surface area contributed by atoms with Gasteiger partial charge in [0.1, 0.15) is 10.9 Å². The van der Waals surface area contributed by atoms with Gasteiger partial charge in [0, 0.05) is 12.5 Å². The molecule has 0 aliphatic heterocycles. The van der Waals surface area contributed by atoms with Crippen molar-refractivity contribution in [2.45, 2.75) is 6.42 Å². The number of halogens is 1. The smallest absolute Gasteiger partial charge is 0.280 e. The van der Waals surface area contributed by atoms with Crippen LogP contribution in [0, 0.1) is 0 Å². The number of ether oxygens (including phenoxy) is 2. The average Bonchev–Trinajstić information content (AvgIpc) is 2.74. The Hall–Kier alpha value is -1.10. The monoisotopic (exact) mass is 269 g/mol. The van der Waals surface area contributed by atoms with Crippen molar-refractivity contribution in [3.05, 3.63) is 40.4 Å². The van der Waals surface area contributed by atoms with E-state index in [0.717, 1.165) is 18.8 Å². The number of hydrogen-bond acceptors (Lipinski definition) is 4. The van der Waals surface area contributed by atoms with Gasteiger partial charge in [0.15, 0.2) is 0 Å². The predicted octanol–water partition coefficient (Wildman–Crippen LogP) is 3.78. The highest BCUT2D eigenvalue weighted by Crippen LogP contribution is 2.27. The lowest BCUT2D eigenvalue weighted by molar-refractivity contribution is 0.202. The summed E-state index contributed by atoms with van der Waals surface area (Å²) in [7, 11) is 1.70. The molecular weight excluding hydrogens is 258 g/mol. The van der Waals surface area contributed by atoms with Crippen LogP contribution in [-0.4, -0.2) is 18.7 Å². The Kier molecular flexibility index (Phi) is 4.36. The van der Waals surface area contributed by atoms with Crippen LogP contribution in [0.2, 0.25) is 5.15 Å². The van der Waals surface area contributed by atoms with Gasteiger partial charge in [0.25, 0.3) is 5.19 Å². The molecule has 5 heteroatoms. The summed E-state index contributed by atoms with van der Waals surface area (Å²) in [4.78, 5) is 4.02. The molecule has 0 N–H and O–H groups in total. The number of thiazole rings is 1. The number of rotatable bonds is 5. The molecule has 0 fully saturated rings. The lowest BCUT2D eigenvalue weighted by Gasteiger charge is -2.03. The SMILES string of the molecule is COCCc1ccc(Oc2nc(Cl)cs2)cc1. The molecular formula is C12H12ClNO2S. The van der Waals surface area contributed by atoms with Gasteiger partial charge in [-0.3, -0.25) is 0 Å². The third kappa shape index (κ3) is 3.70. The van der Waals surface area contributed by atoms with E-state index in [-0.39, 0.29) is 0 Å². The molecule has 3 nitrogen and oxygen atoms in total. The Morgan fingerprint density at radius 1 is 1.29 bits per heavy atom. The van der Waals surface area contributed by atoms with E-state index in [1.165, 1.54) is 16.9 Å². The van der Waals surface area contributed by atoms with E-state index in [9.17, 15) is 0 Å². The Morgan fingerprint density at radius 2 is 2.06 bits per heavy atom. The molecule has 0 unspecified atom stereocenters. The Labute approximate surface area is 109 Å². The molecule has 0 saturated heterocycles. The van der Waals surface area contributed by atoms with Crippen molar-refractivity contribution >= 4 is 22.9 Å². The molecule has 2 rings (SSSR count). The number of aromatic nitrogens is 1. The fourth-order valence-corrected chi connectivity index (χ4v) is 2.14. The molecule has 0 aliphatic carbocycles. The summed E-state index contributed by atoms with van der Waals surface area (Å²) >= 11 is 7.09. The normalized spacial score (nSPS) is 10.5. The molecule has 0 atom stereocenters. The van der Waals surface area contributed by atoms with Crippen LogP contribution >= 0.6 is 22.9 Å². The maximum atomic E-state index is 5.71. The first-order valence-corrected chi connectivity index (χ1v) is 6.40. The van der Waals surface area contributed by atoms with E-state index in [0.29, 0.717) is 10.3 Å². The standard InChI is InChI=1S/C12H12ClNO2S/c1-15-7-6-9-2-4-10(5-3-9)16-12-14-11(13)8-17-12/h2-5,8H,6-7H2,1H3. The van der Waals surface area contributed by atoms with Crippen molar-refractivity contribution in [1.29, 1.82) is 0 Å². The lowest BCUT2D eigenvalue weighted by Crippen LogP contribution is -1.94. The average molecular weight is 270 g/mol. The number of methoxy groups -OCH3 is 1. The lowest BCUT2D eigenvalue weighted by atomic mass is 10.1. The van der Waals surface area contributed by atoms with E-state index in [2.05, 4.69) is 4.98 Å². The van der Waals surface area contributed by atoms with Crippen LogP contribution in [0.5, 0.6) is 10.9 Å². The highest BCUT2D eigenvalue weighted by molar-refractivity contribution is 7.11. The van der Waals surface area contributed by atoms with Gasteiger partial charge in [0.05, 0.1) is 6.61 Å². The van der Waals surface area contributed by atoms with Crippen LogP contribution < -0.4 is 4.74 Å². The summed E-state index contributed by atoms with van der Waals surface area (Å²) in [6, 6.07) is 7.87. The maximum absolute atomic E-state index is 5.71. The van der Waals surface area contributed by atoms with E-state index in [1.807, 2.05) is 24.3 Å². The summed E-state index contributed by atoms with van der Waals surface area (Å²) in [5, 5.41) is 2.76. The first-order chi connectivity index (χ1) is 8.28. The van der Waals surface area contributed by atoms with Crippen molar-refractivity contribution in [1.82, 2.24) is 4.98 Å². The zero-order valence-electron chi connectivity index (χ0n) is 9.35. The second-order valence-corrected chi connectivity index (χ2v) is 4.63. The number of nitrogens with zero attached hydrogens (tertiary/aromatic N) is 1. The van der Waals surface area contributed by atoms with Crippen molar-refractivity contribution in [3.63, 3.8) is 0 Å². The van der Waals surface area contributed by atoms with Gasteiger partial charge in [-0.15, -0.1) is 0 Å². The second kappa shape index (κ2) is 6.00. The molecule has 90 valence electrons. The summed E-state index contributed by atoms with van der Waals surface area (Å²) in [6.07, 6.45) is 0.903. The minimum absolute atomic E-state index is 0.460. The van der Waals surface area contributed by atoms with Gasteiger partial charge in [-0.1, -0.05) is 35.1 Å². The summed E-state index contributed by atoms with van der Waals surface area (Å²) in [5.74, 6) is 0.761. The van der Waals surface area contributed by atoms with Crippen LogP contribution in [0.25, 0.3) is 0 Å². The van der Waals surface area contributed by atoms with Crippen LogP contribution in [0.4, 0.5) is 0 Å². The summed E-state index contributed by atoms with van der Waals surface area (Å²) < 4.78 is 10.6. The van der Waals surface area contributed by atoms with E-state index in [4.69, 9.17) is 21.1 Å². The largest absolute Gasteiger partial charge is 0.431 e.